The lowest BCUT2D eigenvalue weighted by Gasteiger charge is -2.08. The minimum absolute atomic E-state index is 0.000367. The molecule has 0 aromatic heterocycles. The minimum atomic E-state index is -0.904. The Bertz CT molecular complexity index is 690. The number of carboxylic acids is 1. The van der Waals surface area contributed by atoms with Crippen molar-refractivity contribution in [1.29, 1.82) is 5.26 Å². The summed E-state index contributed by atoms with van der Waals surface area (Å²) in [5.41, 5.74) is 0.934. The number of ether oxygens (including phenoxy) is 1. The predicted octanol–water partition coefficient (Wildman–Crippen LogP) is 2.90. The van der Waals surface area contributed by atoms with Crippen molar-refractivity contribution in [2.75, 3.05) is 0 Å². The van der Waals surface area contributed by atoms with Crippen molar-refractivity contribution in [2.24, 2.45) is 0 Å². The molecule has 0 aliphatic heterocycles. The molecule has 0 saturated carbocycles. The van der Waals surface area contributed by atoms with E-state index in [-0.39, 0.29) is 18.6 Å². The molecule has 4 nitrogen and oxygen atoms in total. The van der Waals surface area contributed by atoms with E-state index in [4.69, 9.17) is 15.1 Å². The number of aliphatic carboxylic acids is 1. The van der Waals surface area contributed by atoms with Crippen LogP contribution in [0.25, 0.3) is 0 Å². The van der Waals surface area contributed by atoms with Crippen molar-refractivity contribution in [3.63, 3.8) is 0 Å². The molecule has 106 valence electrons. The monoisotopic (exact) mass is 285 g/mol. The Kier molecular flexibility index (Phi) is 4.52. The maximum Gasteiger partial charge on any atom is 0.307 e. The van der Waals surface area contributed by atoms with Crippen LogP contribution in [-0.2, 0) is 17.8 Å². The fraction of sp³-hybridized carbons (Fsp3) is 0.125. The van der Waals surface area contributed by atoms with Crippen LogP contribution in [0, 0.1) is 17.1 Å². The van der Waals surface area contributed by atoms with E-state index in [0.29, 0.717) is 16.9 Å². The largest absolute Gasteiger partial charge is 0.489 e. The summed E-state index contributed by atoms with van der Waals surface area (Å²) < 4.78 is 19.3. The SMILES string of the molecule is N#Cc1cccc(COc2ccc(CC(=O)O)cc2)c1F. The molecule has 1 N–H and O–H groups in total. The number of rotatable bonds is 5. The van der Waals surface area contributed by atoms with E-state index in [9.17, 15) is 9.18 Å². The number of nitriles is 1. The highest BCUT2D eigenvalue weighted by Gasteiger charge is 2.08. The average molecular weight is 285 g/mol. The Morgan fingerprint density at radius 1 is 1.24 bits per heavy atom. The third-order valence-electron chi connectivity index (χ3n) is 2.87. The lowest BCUT2D eigenvalue weighted by molar-refractivity contribution is -0.136. The summed E-state index contributed by atoms with van der Waals surface area (Å²) in [4.78, 5) is 10.6. The van der Waals surface area contributed by atoms with Crippen molar-refractivity contribution < 1.29 is 19.0 Å². The van der Waals surface area contributed by atoms with Gasteiger partial charge in [-0.15, -0.1) is 0 Å². The summed E-state index contributed by atoms with van der Waals surface area (Å²) in [6, 6.07) is 12.9. The van der Waals surface area contributed by atoms with E-state index in [1.807, 2.05) is 0 Å². The van der Waals surface area contributed by atoms with Crippen molar-refractivity contribution in [1.82, 2.24) is 0 Å². The van der Waals surface area contributed by atoms with Gasteiger partial charge in [-0.2, -0.15) is 5.26 Å². The summed E-state index contributed by atoms with van der Waals surface area (Å²) in [5.74, 6) is -0.979. The van der Waals surface area contributed by atoms with Crippen LogP contribution >= 0.6 is 0 Å². The number of hydrogen-bond donors (Lipinski definition) is 1. The molecule has 0 amide bonds. The second kappa shape index (κ2) is 6.53. The molecular weight excluding hydrogens is 273 g/mol. The molecule has 21 heavy (non-hydrogen) atoms. The van der Waals surface area contributed by atoms with Gasteiger partial charge in [-0.05, 0) is 23.8 Å². The van der Waals surface area contributed by atoms with Crippen LogP contribution in [0.4, 0.5) is 4.39 Å². The van der Waals surface area contributed by atoms with E-state index in [0.717, 1.165) is 0 Å². The quantitative estimate of drug-likeness (QED) is 0.917. The molecule has 0 fully saturated rings. The molecule has 0 spiro atoms. The van der Waals surface area contributed by atoms with E-state index >= 15 is 0 Å². The average Bonchev–Trinajstić information content (AvgIpc) is 2.47. The zero-order chi connectivity index (χ0) is 15.2. The Morgan fingerprint density at radius 3 is 2.57 bits per heavy atom. The molecule has 0 bridgehead atoms. The van der Waals surface area contributed by atoms with E-state index < -0.39 is 11.8 Å². The summed E-state index contributed by atoms with van der Waals surface area (Å²) >= 11 is 0. The van der Waals surface area contributed by atoms with Gasteiger partial charge >= 0.3 is 5.97 Å². The molecule has 5 heteroatoms. The van der Waals surface area contributed by atoms with Crippen LogP contribution in [0.2, 0.25) is 0 Å². The molecule has 0 saturated heterocycles. The maximum atomic E-state index is 13.8. The van der Waals surface area contributed by atoms with Crippen molar-refractivity contribution in [3.05, 3.63) is 65.0 Å². The van der Waals surface area contributed by atoms with Gasteiger partial charge in [-0.25, -0.2) is 4.39 Å². The Morgan fingerprint density at radius 2 is 1.95 bits per heavy atom. The first-order valence-corrected chi connectivity index (χ1v) is 6.21. The van der Waals surface area contributed by atoms with Gasteiger partial charge in [0.2, 0.25) is 0 Å². The summed E-state index contributed by atoms with van der Waals surface area (Å²) in [6.45, 7) is -0.000367. The van der Waals surface area contributed by atoms with Crippen molar-refractivity contribution >= 4 is 5.97 Å². The molecule has 2 aromatic carbocycles. The number of hydrogen-bond acceptors (Lipinski definition) is 3. The highest BCUT2D eigenvalue weighted by molar-refractivity contribution is 5.70. The van der Waals surface area contributed by atoms with Gasteiger partial charge < -0.3 is 9.84 Å². The van der Waals surface area contributed by atoms with Crippen LogP contribution in [-0.4, -0.2) is 11.1 Å². The molecule has 2 aromatic rings. The van der Waals surface area contributed by atoms with E-state index in [2.05, 4.69) is 0 Å². The summed E-state index contributed by atoms with van der Waals surface area (Å²) in [6.07, 6.45) is -0.0564. The number of benzene rings is 2. The van der Waals surface area contributed by atoms with Crippen LogP contribution in [0.5, 0.6) is 5.75 Å². The smallest absolute Gasteiger partial charge is 0.307 e. The predicted molar refractivity (Wildman–Crippen MR) is 73.2 cm³/mol. The second-order valence-corrected chi connectivity index (χ2v) is 4.39. The highest BCUT2D eigenvalue weighted by Crippen LogP contribution is 2.17. The summed E-state index contributed by atoms with van der Waals surface area (Å²) in [5, 5.41) is 17.4. The molecular formula is C16H12FNO3. The van der Waals surface area contributed by atoms with Gasteiger partial charge in [0.05, 0.1) is 12.0 Å². The number of carbonyl (C=O) groups is 1. The Labute approximate surface area is 121 Å². The zero-order valence-electron chi connectivity index (χ0n) is 11.0. The zero-order valence-corrected chi connectivity index (χ0v) is 11.0. The van der Waals surface area contributed by atoms with Crippen LogP contribution in [0.3, 0.4) is 0 Å². The lowest BCUT2D eigenvalue weighted by Crippen LogP contribution is -2.01. The Hall–Kier alpha value is -2.87. The number of halogens is 1. The van der Waals surface area contributed by atoms with Gasteiger partial charge in [-0.3, -0.25) is 4.79 Å². The molecule has 0 heterocycles. The van der Waals surface area contributed by atoms with Gasteiger partial charge in [0, 0.05) is 5.56 Å². The van der Waals surface area contributed by atoms with Gasteiger partial charge in [0.25, 0.3) is 0 Å². The number of carboxylic acid groups (broad SMARTS) is 1. The molecule has 0 radical (unpaired) electrons. The second-order valence-electron chi connectivity index (χ2n) is 4.39. The fourth-order valence-electron chi connectivity index (χ4n) is 1.82. The number of nitrogens with zero attached hydrogens (tertiary/aromatic N) is 1. The molecule has 0 atom stereocenters. The van der Waals surface area contributed by atoms with Gasteiger partial charge in [0.15, 0.2) is 0 Å². The highest BCUT2D eigenvalue weighted by atomic mass is 19.1. The molecule has 0 unspecified atom stereocenters. The molecule has 0 aliphatic carbocycles. The van der Waals surface area contributed by atoms with Crippen molar-refractivity contribution in [3.8, 4) is 11.8 Å². The maximum absolute atomic E-state index is 13.8. The first-order valence-electron chi connectivity index (χ1n) is 6.21. The Balaban J connectivity index is 2.03. The fourth-order valence-corrected chi connectivity index (χ4v) is 1.82. The normalized spacial score (nSPS) is 9.90. The first-order chi connectivity index (χ1) is 10.1. The third-order valence-corrected chi connectivity index (χ3v) is 2.87. The van der Waals surface area contributed by atoms with E-state index in [1.54, 1.807) is 42.5 Å². The first kappa shape index (κ1) is 14.5. The third kappa shape index (κ3) is 3.80. The molecule has 0 aliphatic rings. The topological polar surface area (TPSA) is 70.3 Å². The van der Waals surface area contributed by atoms with Crippen LogP contribution < -0.4 is 4.74 Å². The van der Waals surface area contributed by atoms with Gasteiger partial charge in [-0.1, -0.05) is 24.3 Å². The summed E-state index contributed by atoms with van der Waals surface area (Å²) in [7, 11) is 0. The lowest BCUT2D eigenvalue weighted by atomic mass is 10.1. The van der Waals surface area contributed by atoms with Crippen LogP contribution in [0.1, 0.15) is 16.7 Å². The van der Waals surface area contributed by atoms with E-state index in [1.165, 1.54) is 6.07 Å². The standard InChI is InChI=1S/C16H12FNO3/c17-16-12(9-18)2-1-3-13(16)10-21-14-6-4-11(5-7-14)8-15(19)20/h1-7H,8,10H2,(H,19,20). The van der Waals surface area contributed by atoms with Crippen LogP contribution in [0.15, 0.2) is 42.5 Å². The van der Waals surface area contributed by atoms with Gasteiger partial charge in [0.1, 0.15) is 24.2 Å². The minimum Gasteiger partial charge on any atom is -0.489 e. The van der Waals surface area contributed by atoms with Crippen molar-refractivity contribution in [2.45, 2.75) is 13.0 Å². The molecule has 2 rings (SSSR count).